The number of halogens is 3. The summed E-state index contributed by atoms with van der Waals surface area (Å²) in [4.78, 5) is 3.03. The quantitative estimate of drug-likeness (QED) is 0.459. The summed E-state index contributed by atoms with van der Waals surface area (Å²) >= 11 is 15.5. The summed E-state index contributed by atoms with van der Waals surface area (Å²) in [5.41, 5.74) is 2.56. The monoisotopic (exact) mass is 402 g/mol. The Balaban J connectivity index is 2.20. The molecule has 0 nitrogen and oxygen atoms in total. The topological polar surface area (TPSA) is 0 Å². The number of fused-ring (bicyclic) bond motifs is 2. The highest BCUT2D eigenvalue weighted by Gasteiger charge is 2.28. The minimum Gasteiger partial charge on any atom is -0.0894 e. The molecule has 2 aromatic carbocycles. The molecule has 0 unspecified atom stereocenters. The van der Waals surface area contributed by atoms with Crippen molar-refractivity contribution in [1.82, 2.24) is 0 Å². The van der Waals surface area contributed by atoms with Gasteiger partial charge in [-0.3, -0.25) is 0 Å². The normalized spacial score (nSPS) is 21.9. The summed E-state index contributed by atoms with van der Waals surface area (Å²) < 4.78 is 0. The molecule has 4 heteroatoms. The van der Waals surface area contributed by atoms with Crippen molar-refractivity contribution >= 4 is 55.2 Å². The molecule has 0 bridgehead atoms. The first-order valence-electron chi connectivity index (χ1n) is 5.51. The van der Waals surface area contributed by atoms with Crippen LogP contribution in [0.1, 0.15) is 20.8 Å². The molecule has 0 N–H and O–H groups in total. The minimum absolute atomic E-state index is 0.224. The van der Waals surface area contributed by atoms with Crippen molar-refractivity contribution < 1.29 is 0 Å². The minimum atomic E-state index is 0.224. The molecular formula is C14H9Br2ClS. The van der Waals surface area contributed by atoms with E-state index in [0.717, 1.165) is 5.02 Å². The summed E-state index contributed by atoms with van der Waals surface area (Å²) in [6, 6.07) is 14.6. The van der Waals surface area contributed by atoms with Crippen molar-refractivity contribution in [2.75, 3.05) is 0 Å². The number of benzene rings is 2. The molecule has 1 heterocycles. The zero-order chi connectivity index (χ0) is 12.7. The Morgan fingerprint density at radius 2 is 1.56 bits per heavy atom. The van der Waals surface area contributed by atoms with Crippen molar-refractivity contribution in [2.45, 2.75) is 19.4 Å². The highest BCUT2D eigenvalue weighted by molar-refractivity contribution is 9.12. The van der Waals surface area contributed by atoms with Crippen LogP contribution in [0.4, 0.5) is 0 Å². The fraction of sp³-hybridized carbons (Fsp3) is 0.143. The van der Waals surface area contributed by atoms with Gasteiger partial charge in [0.1, 0.15) is 0 Å². The molecule has 0 saturated carbocycles. The van der Waals surface area contributed by atoms with Gasteiger partial charge in [-0.25, -0.2) is 0 Å². The molecule has 2 aromatic rings. The van der Waals surface area contributed by atoms with Gasteiger partial charge in [0.2, 0.25) is 0 Å². The molecule has 0 aromatic heterocycles. The summed E-state index contributed by atoms with van der Waals surface area (Å²) in [5, 5.41) is 0.782. The highest BCUT2D eigenvalue weighted by Crippen LogP contribution is 2.52. The van der Waals surface area contributed by atoms with E-state index in [1.165, 1.54) is 20.9 Å². The first kappa shape index (κ1) is 13.0. The Morgan fingerprint density at radius 1 is 0.889 bits per heavy atom. The van der Waals surface area contributed by atoms with Crippen LogP contribution in [-0.4, -0.2) is 0 Å². The lowest BCUT2D eigenvalue weighted by Crippen LogP contribution is -1.98. The molecule has 3 rings (SSSR count). The van der Waals surface area contributed by atoms with Gasteiger partial charge in [-0.05, 0) is 35.4 Å². The van der Waals surface area contributed by atoms with E-state index in [0.29, 0.717) is 0 Å². The van der Waals surface area contributed by atoms with Crippen LogP contribution in [0.25, 0.3) is 0 Å². The third kappa shape index (κ3) is 2.26. The third-order valence-electron chi connectivity index (χ3n) is 2.96. The van der Waals surface area contributed by atoms with Gasteiger partial charge in [-0.1, -0.05) is 73.4 Å². The summed E-state index contributed by atoms with van der Waals surface area (Å²) in [7, 11) is 0. The molecule has 0 spiro atoms. The van der Waals surface area contributed by atoms with Crippen LogP contribution in [0.15, 0.2) is 52.3 Å². The van der Waals surface area contributed by atoms with Crippen molar-refractivity contribution in [1.29, 1.82) is 0 Å². The number of alkyl halides is 2. The zero-order valence-electron chi connectivity index (χ0n) is 9.24. The van der Waals surface area contributed by atoms with Crippen LogP contribution in [0, 0.1) is 0 Å². The van der Waals surface area contributed by atoms with E-state index in [2.05, 4.69) is 62.2 Å². The molecule has 18 heavy (non-hydrogen) atoms. The van der Waals surface area contributed by atoms with Crippen LogP contribution in [0.2, 0.25) is 5.02 Å². The first-order chi connectivity index (χ1) is 8.66. The molecule has 0 fully saturated rings. The standard InChI is InChI=1S/C14H9Br2ClS/c15-13-9-3-1-2-4-11(9)18-12-6-5-8(17)7-10(12)14(13)16/h1-7,13-14H/t13-,14+/m1/s1. The van der Waals surface area contributed by atoms with Crippen molar-refractivity contribution in [3.8, 4) is 0 Å². The van der Waals surface area contributed by atoms with E-state index in [9.17, 15) is 0 Å². The van der Waals surface area contributed by atoms with Gasteiger partial charge in [0.15, 0.2) is 0 Å². The fourth-order valence-corrected chi connectivity index (χ4v) is 5.03. The van der Waals surface area contributed by atoms with E-state index in [1.54, 1.807) is 11.8 Å². The zero-order valence-corrected chi connectivity index (χ0v) is 14.0. The maximum atomic E-state index is 6.11. The maximum absolute atomic E-state index is 6.11. The van der Waals surface area contributed by atoms with Crippen LogP contribution in [-0.2, 0) is 0 Å². The number of hydrogen-bond donors (Lipinski definition) is 0. The molecule has 1 aliphatic heterocycles. The Labute approximate surface area is 132 Å². The predicted molar refractivity (Wildman–Crippen MR) is 85.4 cm³/mol. The maximum Gasteiger partial charge on any atom is 0.0573 e. The average molecular weight is 405 g/mol. The van der Waals surface area contributed by atoms with Crippen molar-refractivity contribution in [3.05, 3.63) is 58.6 Å². The average Bonchev–Trinajstić information content (AvgIpc) is 2.48. The van der Waals surface area contributed by atoms with Gasteiger partial charge in [0.05, 0.1) is 9.65 Å². The smallest absolute Gasteiger partial charge is 0.0573 e. The molecule has 2 atom stereocenters. The van der Waals surface area contributed by atoms with Crippen LogP contribution in [0.5, 0.6) is 0 Å². The SMILES string of the molecule is Clc1ccc2c(c1)[C@H](Br)[C@H](Br)c1ccccc1S2. The lowest BCUT2D eigenvalue weighted by atomic mass is 10.0. The summed E-state index contributed by atoms with van der Waals surface area (Å²) in [6.07, 6.45) is 0. The van der Waals surface area contributed by atoms with Gasteiger partial charge < -0.3 is 0 Å². The van der Waals surface area contributed by atoms with E-state index in [1.807, 2.05) is 12.1 Å². The molecule has 1 aliphatic rings. The Hall–Kier alpha value is 0.0400. The van der Waals surface area contributed by atoms with E-state index in [-0.39, 0.29) is 9.65 Å². The third-order valence-corrected chi connectivity index (χ3v) is 7.13. The highest BCUT2D eigenvalue weighted by atomic mass is 79.9. The second-order valence-electron chi connectivity index (χ2n) is 4.13. The van der Waals surface area contributed by atoms with Crippen LogP contribution >= 0.6 is 55.2 Å². The fourth-order valence-electron chi connectivity index (χ4n) is 2.06. The second-order valence-corrected chi connectivity index (χ2v) is 7.62. The molecule has 0 saturated heterocycles. The number of hydrogen-bond acceptors (Lipinski definition) is 1. The molecule has 0 radical (unpaired) electrons. The molecular weight excluding hydrogens is 395 g/mol. The predicted octanol–water partition coefficient (Wildman–Crippen LogP) is 6.38. The molecule has 0 aliphatic carbocycles. The Bertz CT molecular complexity index is 600. The van der Waals surface area contributed by atoms with Gasteiger partial charge in [0, 0.05) is 14.8 Å². The van der Waals surface area contributed by atoms with Gasteiger partial charge in [-0.15, -0.1) is 0 Å². The second kappa shape index (κ2) is 5.20. The van der Waals surface area contributed by atoms with E-state index < -0.39 is 0 Å². The largest absolute Gasteiger partial charge is 0.0894 e. The number of rotatable bonds is 0. The molecule has 92 valence electrons. The van der Waals surface area contributed by atoms with Crippen molar-refractivity contribution in [3.63, 3.8) is 0 Å². The van der Waals surface area contributed by atoms with Crippen LogP contribution < -0.4 is 0 Å². The summed E-state index contributed by atoms with van der Waals surface area (Å²) in [6.45, 7) is 0. The lowest BCUT2D eigenvalue weighted by molar-refractivity contribution is 0.907. The Morgan fingerprint density at radius 3 is 2.39 bits per heavy atom. The Kier molecular flexibility index (Phi) is 3.77. The van der Waals surface area contributed by atoms with Gasteiger partial charge in [-0.2, -0.15) is 0 Å². The van der Waals surface area contributed by atoms with Gasteiger partial charge in [0.25, 0.3) is 0 Å². The van der Waals surface area contributed by atoms with E-state index >= 15 is 0 Å². The first-order valence-corrected chi connectivity index (χ1v) is 8.54. The van der Waals surface area contributed by atoms with Crippen molar-refractivity contribution in [2.24, 2.45) is 0 Å². The molecule has 0 amide bonds. The summed E-state index contributed by atoms with van der Waals surface area (Å²) in [5.74, 6) is 0. The lowest BCUT2D eigenvalue weighted by Gasteiger charge is -2.16. The van der Waals surface area contributed by atoms with Crippen LogP contribution in [0.3, 0.4) is 0 Å². The van der Waals surface area contributed by atoms with E-state index in [4.69, 9.17) is 11.6 Å². The van der Waals surface area contributed by atoms with Gasteiger partial charge >= 0.3 is 0 Å².